The molecule has 1 aromatic rings. The van der Waals surface area contributed by atoms with Crippen LogP contribution in [0.4, 0.5) is 4.79 Å². The number of azide groups is 1. The molecule has 2 atom stereocenters. The fraction of sp³-hybridized carbons (Fsp3) is 0.600. The Morgan fingerprint density at radius 1 is 1.25 bits per heavy atom. The highest BCUT2D eigenvalue weighted by Gasteiger charge is 2.41. The molecule has 0 N–H and O–H groups in total. The lowest BCUT2D eigenvalue weighted by Crippen LogP contribution is -2.43. The highest BCUT2D eigenvalue weighted by Crippen LogP contribution is 2.33. The largest absolute Gasteiger partial charge is 0.444 e. The first-order valence-corrected chi connectivity index (χ1v) is 9.66. The Kier molecular flexibility index (Phi) is 5.79. The van der Waals surface area contributed by atoms with Crippen LogP contribution in [0.25, 0.3) is 10.4 Å². The van der Waals surface area contributed by atoms with Crippen LogP contribution in [0.3, 0.4) is 0 Å². The smallest absolute Gasteiger partial charge is 0.410 e. The predicted octanol–water partition coefficient (Wildman–Crippen LogP) is 3.90. The Morgan fingerprint density at radius 2 is 1.93 bits per heavy atom. The van der Waals surface area contributed by atoms with Crippen molar-refractivity contribution in [3.63, 3.8) is 0 Å². The summed E-state index contributed by atoms with van der Waals surface area (Å²) in [7, 11) is 0. The van der Waals surface area contributed by atoms with Gasteiger partial charge in [-0.2, -0.15) is 0 Å². The van der Waals surface area contributed by atoms with E-state index in [9.17, 15) is 9.59 Å². The van der Waals surface area contributed by atoms with Gasteiger partial charge >= 0.3 is 6.09 Å². The first-order chi connectivity index (χ1) is 13.3. The summed E-state index contributed by atoms with van der Waals surface area (Å²) in [6.07, 6.45) is 1.68. The molecule has 1 aliphatic heterocycles. The minimum Gasteiger partial charge on any atom is -0.444 e. The Bertz CT molecular complexity index is 766. The van der Waals surface area contributed by atoms with Crippen LogP contribution >= 0.6 is 0 Å². The van der Waals surface area contributed by atoms with Crippen molar-refractivity contribution < 1.29 is 14.3 Å². The summed E-state index contributed by atoms with van der Waals surface area (Å²) in [5.74, 6) is 0.261. The number of carbonyl (C=O) groups is 2. The van der Waals surface area contributed by atoms with E-state index < -0.39 is 17.7 Å². The van der Waals surface area contributed by atoms with Crippen molar-refractivity contribution in [3.05, 3.63) is 46.3 Å². The van der Waals surface area contributed by atoms with E-state index in [1.54, 1.807) is 25.7 Å². The number of ether oxygens (including phenoxy) is 1. The molecule has 2 fully saturated rings. The van der Waals surface area contributed by atoms with Crippen molar-refractivity contribution in [2.45, 2.75) is 51.3 Å². The topological polar surface area (TPSA) is 98.6 Å². The number of nitrogens with zero attached hydrogens (tertiary/aromatic N) is 5. The maximum Gasteiger partial charge on any atom is 0.410 e. The Labute approximate surface area is 165 Å². The van der Waals surface area contributed by atoms with E-state index in [1.807, 2.05) is 30.3 Å². The lowest BCUT2D eigenvalue weighted by molar-refractivity contribution is -0.132. The molecular formula is C20H27N5O3. The van der Waals surface area contributed by atoms with Gasteiger partial charge in [0, 0.05) is 24.5 Å². The van der Waals surface area contributed by atoms with Crippen LogP contribution in [0.15, 0.2) is 35.4 Å². The third kappa shape index (κ3) is 4.95. The van der Waals surface area contributed by atoms with E-state index in [0.717, 1.165) is 18.4 Å². The molecule has 1 saturated carbocycles. The van der Waals surface area contributed by atoms with Gasteiger partial charge in [-0.1, -0.05) is 35.4 Å². The van der Waals surface area contributed by atoms with Crippen molar-refractivity contribution in [1.29, 1.82) is 0 Å². The monoisotopic (exact) mass is 385 g/mol. The second-order valence-electron chi connectivity index (χ2n) is 8.47. The summed E-state index contributed by atoms with van der Waals surface area (Å²) in [6, 6.07) is 8.29. The van der Waals surface area contributed by atoms with E-state index >= 15 is 0 Å². The maximum atomic E-state index is 13.0. The van der Waals surface area contributed by atoms with Gasteiger partial charge in [0.15, 0.2) is 0 Å². The second-order valence-corrected chi connectivity index (χ2v) is 8.47. The molecule has 150 valence electrons. The van der Waals surface area contributed by atoms with Gasteiger partial charge in [0.1, 0.15) is 11.6 Å². The highest BCUT2D eigenvalue weighted by atomic mass is 16.6. The van der Waals surface area contributed by atoms with Crippen LogP contribution < -0.4 is 0 Å². The standard InChI is InChI=1S/C20H27N5O3/c1-20(2,3)28-19(27)25-12-16(22-23-21)18(26)24(11-14-9-10-14)13-17(25)15-7-5-4-6-8-15/h4-8,14,16-17H,9-13H2,1-3H3/t16-,17-/m1/s1. The van der Waals surface area contributed by atoms with E-state index in [0.29, 0.717) is 19.0 Å². The average molecular weight is 385 g/mol. The summed E-state index contributed by atoms with van der Waals surface area (Å²) in [6.45, 7) is 6.39. The zero-order valence-corrected chi connectivity index (χ0v) is 16.6. The molecule has 0 spiro atoms. The lowest BCUT2D eigenvalue weighted by atomic mass is 10.1. The molecule has 0 unspecified atom stereocenters. The molecule has 1 aliphatic carbocycles. The van der Waals surface area contributed by atoms with E-state index in [-0.39, 0.29) is 18.5 Å². The molecule has 0 aromatic heterocycles. The number of amides is 2. The third-order valence-corrected chi connectivity index (χ3v) is 4.91. The van der Waals surface area contributed by atoms with Crippen molar-refractivity contribution >= 4 is 12.0 Å². The van der Waals surface area contributed by atoms with Gasteiger partial charge in [0.05, 0.1) is 6.04 Å². The molecular weight excluding hydrogens is 358 g/mol. The summed E-state index contributed by atoms with van der Waals surface area (Å²) in [4.78, 5) is 32.1. The van der Waals surface area contributed by atoms with Gasteiger partial charge in [-0.25, -0.2) is 4.79 Å². The van der Waals surface area contributed by atoms with Gasteiger partial charge in [0.2, 0.25) is 5.91 Å². The van der Waals surface area contributed by atoms with E-state index in [4.69, 9.17) is 10.3 Å². The fourth-order valence-electron chi connectivity index (χ4n) is 3.41. The van der Waals surface area contributed by atoms with Crippen LogP contribution in [0, 0.1) is 5.92 Å². The number of benzene rings is 1. The molecule has 0 bridgehead atoms. The summed E-state index contributed by atoms with van der Waals surface area (Å²) in [5, 5.41) is 3.70. The van der Waals surface area contributed by atoms with Crippen LogP contribution in [-0.4, -0.2) is 53.1 Å². The Balaban J connectivity index is 1.98. The molecule has 0 radical (unpaired) electrons. The fourth-order valence-corrected chi connectivity index (χ4v) is 3.41. The minimum absolute atomic E-state index is 0.00145. The van der Waals surface area contributed by atoms with Gasteiger partial charge in [-0.05, 0) is 50.6 Å². The van der Waals surface area contributed by atoms with Crippen LogP contribution in [0.1, 0.15) is 45.2 Å². The molecule has 1 heterocycles. The predicted molar refractivity (Wildman–Crippen MR) is 104 cm³/mol. The molecule has 1 saturated heterocycles. The normalized spacial score (nSPS) is 23.0. The molecule has 2 amide bonds. The molecule has 2 aliphatic rings. The second kappa shape index (κ2) is 8.10. The minimum atomic E-state index is -0.954. The van der Waals surface area contributed by atoms with Crippen molar-refractivity contribution in [1.82, 2.24) is 9.80 Å². The molecule has 1 aromatic carbocycles. The lowest BCUT2D eigenvalue weighted by Gasteiger charge is -2.33. The van der Waals surface area contributed by atoms with Crippen molar-refractivity contribution in [2.75, 3.05) is 19.6 Å². The van der Waals surface area contributed by atoms with Crippen LogP contribution in [0.5, 0.6) is 0 Å². The van der Waals surface area contributed by atoms with Gasteiger partial charge in [-0.15, -0.1) is 0 Å². The zero-order chi connectivity index (χ0) is 20.3. The average Bonchev–Trinajstić information content (AvgIpc) is 3.46. The van der Waals surface area contributed by atoms with E-state index in [1.165, 1.54) is 4.90 Å². The summed E-state index contributed by atoms with van der Waals surface area (Å²) in [5.41, 5.74) is 9.21. The maximum absolute atomic E-state index is 13.0. The quantitative estimate of drug-likeness (QED) is 0.446. The molecule has 28 heavy (non-hydrogen) atoms. The van der Waals surface area contributed by atoms with Crippen molar-refractivity contribution in [3.8, 4) is 0 Å². The summed E-state index contributed by atoms with van der Waals surface area (Å²) >= 11 is 0. The Hall–Kier alpha value is -2.73. The number of carbonyl (C=O) groups excluding carboxylic acids is 2. The zero-order valence-electron chi connectivity index (χ0n) is 16.6. The number of hydrogen-bond donors (Lipinski definition) is 0. The van der Waals surface area contributed by atoms with Crippen LogP contribution in [-0.2, 0) is 9.53 Å². The molecule has 3 rings (SSSR count). The van der Waals surface area contributed by atoms with Crippen molar-refractivity contribution in [2.24, 2.45) is 11.0 Å². The highest BCUT2D eigenvalue weighted by molar-refractivity contribution is 5.84. The van der Waals surface area contributed by atoms with Crippen LogP contribution in [0.2, 0.25) is 0 Å². The first-order valence-electron chi connectivity index (χ1n) is 9.66. The number of rotatable bonds is 4. The van der Waals surface area contributed by atoms with E-state index in [2.05, 4.69) is 10.0 Å². The first kappa shape index (κ1) is 20.0. The number of hydrogen-bond acceptors (Lipinski definition) is 4. The SMILES string of the molecule is CC(C)(C)OC(=O)N1C[C@@H](N=[N+]=[N-])C(=O)N(CC2CC2)C[C@@H]1c1ccccc1. The van der Waals surface area contributed by atoms with Gasteiger partial charge in [-0.3, -0.25) is 9.69 Å². The molecule has 8 nitrogen and oxygen atoms in total. The van der Waals surface area contributed by atoms with Gasteiger partial charge < -0.3 is 9.64 Å². The molecule has 8 heteroatoms. The summed E-state index contributed by atoms with van der Waals surface area (Å²) < 4.78 is 5.60. The third-order valence-electron chi connectivity index (χ3n) is 4.91. The van der Waals surface area contributed by atoms with Gasteiger partial charge in [0.25, 0.3) is 0 Å². The Morgan fingerprint density at radius 3 is 2.50 bits per heavy atom.